The number of benzene rings is 1. The Morgan fingerprint density at radius 2 is 2.03 bits per heavy atom. The van der Waals surface area contributed by atoms with E-state index in [9.17, 15) is 4.79 Å². The van der Waals surface area contributed by atoms with E-state index < -0.39 is 0 Å². The smallest absolute Gasteiger partial charge is 0.242 e. The number of anilines is 1. The van der Waals surface area contributed by atoms with Crippen molar-refractivity contribution in [1.29, 1.82) is 0 Å². The summed E-state index contributed by atoms with van der Waals surface area (Å²) in [6.07, 6.45) is 5.96. The van der Waals surface area contributed by atoms with Gasteiger partial charge in [-0.25, -0.2) is 4.98 Å². The van der Waals surface area contributed by atoms with Gasteiger partial charge < -0.3 is 20.1 Å². The van der Waals surface area contributed by atoms with Crippen LogP contribution in [0, 0.1) is 19.8 Å². The molecule has 35 heavy (non-hydrogen) atoms. The SMILES string of the molecule is CCOCOc1cc(C)cc(C)c1-c1cnc(N[C@@H]2CCCN(CC(=O)NC3CC(C)C3)C2)nn1. The third-order valence-electron chi connectivity index (χ3n) is 6.71. The van der Waals surface area contributed by atoms with Gasteiger partial charge in [0, 0.05) is 30.8 Å². The summed E-state index contributed by atoms with van der Waals surface area (Å²) in [4.78, 5) is 19.1. The lowest BCUT2D eigenvalue weighted by molar-refractivity contribution is -0.124. The summed E-state index contributed by atoms with van der Waals surface area (Å²) < 4.78 is 11.2. The number of hydrogen-bond donors (Lipinski definition) is 2. The molecular formula is C26H38N6O3. The van der Waals surface area contributed by atoms with Crippen molar-refractivity contribution in [2.75, 3.05) is 38.4 Å². The van der Waals surface area contributed by atoms with Gasteiger partial charge in [0.05, 0.1) is 12.7 Å². The molecule has 2 N–H and O–H groups in total. The van der Waals surface area contributed by atoms with Crippen LogP contribution in [0.25, 0.3) is 11.3 Å². The van der Waals surface area contributed by atoms with Gasteiger partial charge in [-0.2, -0.15) is 0 Å². The lowest BCUT2D eigenvalue weighted by Gasteiger charge is -2.35. The van der Waals surface area contributed by atoms with Gasteiger partial charge in [-0.05, 0) is 76.1 Å². The Hall–Kier alpha value is -2.78. The monoisotopic (exact) mass is 482 g/mol. The Morgan fingerprint density at radius 1 is 1.20 bits per heavy atom. The Balaban J connectivity index is 1.35. The van der Waals surface area contributed by atoms with Crippen LogP contribution in [0.4, 0.5) is 5.95 Å². The molecule has 1 saturated heterocycles. The zero-order valence-corrected chi connectivity index (χ0v) is 21.3. The number of piperidine rings is 1. The highest BCUT2D eigenvalue weighted by Gasteiger charge is 2.28. The highest BCUT2D eigenvalue weighted by molar-refractivity contribution is 5.78. The van der Waals surface area contributed by atoms with E-state index in [0.717, 1.165) is 61.4 Å². The second kappa shape index (κ2) is 11.8. The summed E-state index contributed by atoms with van der Waals surface area (Å²) in [5, 5.41) is 15.3. The van der Waals surface area contributed by atoms with Crippen molar-refractivity contribution in [3.05, 3.63) is 29.5 Å². The Kier molecular flexibility index (Phi) is 8.51. The van der Waals surface area contributed by atoms with E-state index in [-0.39, 0.29) is 18.7 Å². The van der Waals surface area contributed by atoms with Gasteiger partial charge in [0.2, 0.25) is 11.9 Å². The number of carbonyl (C=O) groups is 1. The predicted octanol–water partition coefficient (Wildman–Crippen LogP) is 3.32. The van der Waals surface area contributed by atoms with Crippen molar-refractivity contribution in [3.8, 4) is 17.0 Å². The van der Waals surface area contributed by atoms with E-state index in [1.807, 2.05) is 26.8 Å². The largest absolute Gasteiger partial charge is 0.467 e. The first-order valence-electron chi connectivity index (χ1n) is 12.7. The normalized spacial score (nSPS) is 22.3. The lowest BCUT2D eigenvalue weighted by atomic mass is 9.82. The molecule has 1 amide bonds. The van der Waals surface area contributed by atoms with Gasteiger partial charge in [-0.15, -0.1) is 10.2 Å². The molecule has 9 nitrogen and oxygen atoms in total. The van der Waals surface area contributed by atoms with Gasteiger partial charge in [0.1, 0.15) is 11.4 Å². The molecule has 2 aromatic rings. The van der Waals surface area contributed by atoms with E-state index in [4.69, 9.17) is 9.47 Å². The summed E-state index contributed by atoms with van der Waals surface area (Å²) in [7, 11) is 0. The third kappa shape index (κ3) is 6.89. The van der Waals surface area contributed by atoms with E-state index in [2.05, 4.69) is 43.7 Å². The first-order valence-corrected chi connectivity index (χ1v) is 12.7. The number of likely N-dealkylation sites (tertiary alicyclic amines) is 1. The van der Waals surface area contributed by atoms with Crippen LogP contribution in [-0.4, -0.2) is 71.1 Å². The van der Waals surface area contributed by atoms with Crippen LogP contribution >= 0.6 is 0 Å². The molecule has 190 valence electrons. The number of aryl methyl sites for hydroxylation is 2. The quantitative estimate of drug-likeness (QED) is 0.393. The van der Waals surface area contributed by atoms with Crippen molar-refractivity contribution in [1.82, 2.24) is 25.4 Å². The molecule has 1 aromatic heterocycles. The number of carbonyl (C=O) groups excluding carboxylic acids is 1. The fourth-order valence-corrected chi connectivity index (χ4v) is 5.01. The highest BCUT2D eigenvalue weighted by atomic mass is 16.7. The van der Waals surface area contributed by atoms with Crippen molar-refractivity contribution in [2.45, 2.75) is 65.5 Å². The molecule has 9 heteroatoms. The first kappa shape index (κ1) is 25.3. The molecule has 4 rings (SSSR count). The number of rotatable bonds is 10. The Bertz CT molecular complexity index is 993. The maximum absolute atomic E-state index is 12.4. The van der Waals surface area contributed by atoms with Gasteiger partial charge in [-0.3, -0.25) is 9.69 Å². The standard InChI is InChI=1S/C26H38N6O3/c1-5-34-16-35-23-12-17(2)9-19(4)25(23)22-13-27-26(31-30-22)29-20-7-6-8-32(14-20)15-24(33)28-21-10-18(3)11-21/h9,12-13,18,20-21H,5-8,10-11,14-16H2,1-4H3,(H,28,33)(H,27,29,31)/t18?,20-,21?/m1/s1. The Labute approximate surface area is 208 Å². The molecular weight excluding hydrogens is 444 g/mol. The van der Waals surface area contributed by atoms with Crippen molar-refractivity contribution < 1.29 is 14.3 Å². The Morgan fingerprint density at radius 3 is 2.74 bits per heavy atom. The zero-order valence-electron chi connectivity index (χ0n) is 21.3. The van der Waals surface area contributed by atoms with Crippen LogP contribution in [0.2, 0.25) is 0 Å². The minimum Gasteiger partial charge on any atom is -0.467 e. The van der Waals surface area contributed by atoms with Crippen molar-refractivity contribution >= 4 is 11.9 Å². The van der Waals surface area contributed by atoms with Gasteiger partial charge >= 0.3 is 0 Å². The van der Waals surface area contributed by atoms with Crippen LogP contribution in [0.5, 0.6) is 5.75 Å². The highest BCUT2D eigenvalue weighted by Crippen LogP contribution is 2.33. The summed E-state index contributed by atoms with van der Waals surface area (Å²) >= 11 is 0. The van der Waals surface area contributed by atoms with E-state index >= 15 is 0 Å². The molecule has 0 spiro atoms. The number of aromatic nitrogens is 3. The number of nitrogens with one attached hydrogen (secondary N) is 2. The predicted molar refractivity (Wildman–Crippen MR) is 135 cm³/mol. The maximum Gasteiger partial charge on any atom is 0.242 e. The molecule has 2 heterocycles. The molecule has 0 bridgehead atoms. The second-order valence-corrected chi connectivity index (χ2v) is 9.94. The lowest BCUT2D eigenvalue weighted by Crippen LogP contribution is -2.50. The first-order chi connectivity index (χ1) is 16.9. The number of nitrogens with zero attached hydrogens (tertiary/aromatic N) is 4. The minimum atomic E-state index is 0.126. The zero-order chi connectivity index (χ0) is 24.8. The van der Waals surface area contributed by atoms with Crippen LogP contribution in [0.15, 0.2) is 18.3 Å². The minimum absolute atomic E-state index is 0.126. The maximum atomic E-state index is 12.4. The average Bonchev–Trinajstić information content (AvgIpc) is 2.79. The van der Waals surface area contributed by atoms with Gasteiger partial charge in [-0.1, -0.05) is 13.0 Å². The number of hydrogen-bond acceptors (Lipinski definition) is 8. The van der Waals surface area contributed by atoms with Crippen LogP contribution in [0.3, 0.4) is 0 Å². The van der Waals surface area contributed by atoms with Gasteiger partial charge in [0.15, 0.2) is 6.79 Å². The fourth-order valence-electron chi connectivity index (χ4n) is 5.01. The second-order valence-electron chi connectivity index (χ2n) is 9.94. The molecule has 2 fully saturated rings. The summed E-state index contributed by atoms with van der Waals surface area (Å²) in [5.41, 5.74) is 3.69. The van der Waals surface area contributed by atoms with E-state index in [1.54, 1.807) is 6.20 Å². The molecule has 1 saturated carbocycles. The molecule has 1 aliphatic heterocycles. The van der Waals surface area contributed by atoms with Crippen LogP contribution < -0.4 is 15.4 Å². The number of amides is 1. The number of ether oxygens (including phenoxy) is 2. The molecule has 1 atom stereocenters. The molecule has 2 aliphatic rings. The summed E-state index contributed by atoms with van der Waals surface area (Å²) in [6.45, 7) is 11.2. The van der Waals surface area contributed by atoms with Crippen molar-refractivity contribution in [2.24, 2.45) is 5.92 Å². The summed E-state index contributed by atoms with van der Waals surface area (Å²) in [6, 6.07) is 4.61. The summed E-state index contributed by atoms with van der Waals surface area (Å²) in [5.74, 6) is 2.06. The molecule has 0 unspecified atom stereocenters. The van der Waals surface area contributed by atoms with Crippen LogP contribution in [-0.2, 0) is 9.53 Å². The van der Waals surface area contributed by atoms with E-state index in [0.29, 0.717) is 36.6 Å². The fraction of sp³-hybridized carbons (Fsp3) is 0.615. The topological polar surface area (TPSA) is 102 Å². The van der Waals surface area contributed by atoms with Crippen LogP contribution in [0.1, 0.15) is 50.7 Å². The molecule has 1 aliphatic carbocycles. The van der Waals surface area contributed by atoms with Gasteiger partial charge in [0.25, 0.3) is 0 Å². The van der Waals surface area contributed by atoms with E-state index in [1.165, 1.54) is 0 Å². The average molecular weight is 483 g/mol. The molecule has 0 radical (unpaired) electrons. The van der Waals surface area contributed by atoms with Crippen molar-refractivity contribution in [3.63, 3.8) is 0 Å². The third-order valence-corrected chi connectivity index (χ3v) is 6.71. The molecule has 1 aromatic carbocycles.